The van der Waals surface area contributed by atoms with Crippen molar-refractivity contribution >= 4 is 0 Å². The summed E-state index contributed by atoms with van der Waals surface area (Å²) in [4.78, 5) is 4.68. The lowest BCUT2D eigenvalue weighted by molar-refractivity contribution is -0.166. The summed E-state index contributed by atoms with van der Waals surface area (Å²) in [6.07, 6.45) is 4.93. The van der Waals surface area contributed by atoms with Gasteiger partial charge in [-0.3, -0.25) is 0 Å². The van der Waals surface area contributed by atoms with Crippen molar-refractivity contribution in [2.75, 3.05) is 13.7 Å². The third-order valence-electron chi connectivity index (χ3n) is 5.97. The van der Waals surface area contributed by atoms with Gasteiger partial charge >= 0.3 is 0 Å². The molecule has 1 aromatic heterocycles. The summed E-state index contributed by atoms with van der Waals surface area (Å²) in [5.41, 5.74) is 1.40. The number of piperidine rings is 1. The SMILES string of the molecule is COc1ccc2c(n1)C[C@@H]1C[C@H](C)C[C@]23NCCC[C@]13O. The fourth-order valence-corrected chi connectivity index (χ4v) is 5.18. The number of hydrogen-bond acceptors (Lipinski definition) is 4. The molecule has 2 N–H and O–H groups in total. The molecule has 2 heterocycles. The first kappa shape index (κ1) is 13.5. The number of methoxy groups -OCH3 is 1. The van der Waals surface area contributed by atoms with Crippen molar-refractivity contribution < 1.29 is 9.84 Å². The van der Waals surface area contributed by atoms with Crippen molar-refractivity contribution in [3.05, 3.63) is 23.4 Å². The number of pyridine rings is 1. The molecule has 1 aliphatic heterocycles. The summed E-state index contributed by atoms with van der Waals surface area (Å²) < 4.78 is 5.29. The monoisotopic (exact) mass is 288 g/mol. The number of fused-ring (bicyclic) bond motifs is 1. The van der Waals surface area contributed by atoms with Gasteiger partial charge in [0.1, 0.15) is 0 Å². The van der Waals surface area contributed by atoms with Crippen molar-refractivity contribution in [3.63, 3.8) is 0 Å². The Balaban J connectivity index is 1.91. The Morgan fingerprint density at radius 1 is 1.43 bits per heavy atom. The summed E-state index contributed by atoms with van der Waals surface area (Å²) >= 11 is 0. The molecule has 3 aliphatic rings. The van der Waals surface area contributed by atoms with E-state index in [1.165, 1.54) is 5.56 Å². The second-order valence-electron chi connectivity index (χ2n) is 7.15. The molecule has 4 heteroatoms. The first-order chi connectivity index (χ1) is 10.1. The van der Waals surface area contributed by atoms with Gasteiger partial charge < -0.3 is 15.2 Å². The second kappa shape index (κ2) is 4.43. The molecule has 4 nitrogen and oxygen atoms in total. The highest BCUT2D eigenvalue weighted by atomic mass is 16.5. The number of rotatable bonds is 1. The molecule has 1 saturated heterocycles. The summed E-state index contributed by atoms with van der Waals surface area (Å²) in [5.74, 6) is 1.62. The molecule has 4 rings (SSSR count). The van der Waals surface area contributed by atoms with Gasteiger partial charge in [-0.15, -0.1) is 0 Å². The maximum Gasteiger partial charge on any atom is 0.213 e. The molecule has 0 amide bonds. The lowest BCUT2D eigenvalue weighted by Gasteiger charge is -2.62. The van der Waals surface area contributed by atoms with E-state index in [-0.39, 0.29) is 5.54 Å². The second-order valence-corrected chi connectivity index (χ2v) is 7.15. The normalized spacial score (nSPS) is 41.1. The third kappa shape index (κ3) is 1.66. The summed E-state index contributed by atoms with van der Waals surface area (Å²) in [6.45, 7) is 3.29. The topological polar surface area (TPSA) is 54.4 Å². The van der Waals surface area contributed by atoms with Crippen LogP contribution in [0.5, 0.6) is 5.88 Å². The Morgan fingerprint density at radius 3 is 3.10 bits per heavy atom. The first-order valence-electron chi connectivity index (χ1n) is 8.11. The van der Waals surface area contributed by atoms with E-state index in [1.54, 1.807) is 7.11 Å². The van der Waals surface area contributed by atoms with E-state index in [0.717, 1.165) is 44.3 Å². The first-order valence-corrected chi connectivity index (χ1v) is 8.11. The molecule has 0 aromatic carbocycles. The largest absolute Gasteiger partial charge is 0.481 e. The van der Waals surface area contributed by atoms with Gasteiger partial charge in [0.2, 0.25) is 5.88 Å². The van der Waals surface area contributed by atoms with Gasteiger partial charge in [-0.25, -0.2) is 4.98 Å². The van der Waals surface area contributed by atoms with Gasteiger partial charge in [0.15, 0.2) is 0 Å². The van der Waals surface area contributed by atoms with E-state index in [2.05, 4.69) is 23.3 Å². The molecule has 2 fully saturated rings. The van der Waals surface area contributed by atoms with Gasteiger partial charge in [0.25, 0.3) is 0 Å². The van der Waals surface area contributed by atoms with Crippen molar-refractivity contribution in [1.82, 2.24) is 10.3 Å². The van der Waals surface area contributed by atoms with E-state index >= 15 is 0 Å². The maximum absolute atomic E-state index is 11.5. The highest BCUT2D eigenvalue weighted by molar-refractivity contribution is 5.41. The molecule has 114 valence electrons. The van der Waals surface area contributed by atoms with Gasteiger partial charge in [0, 0.05) is 11.8 Å². The Bertz CT molecular complexity index is 576. The average molecular weight is 288 g/mol. The van der Waals surface area contributed by atoms with Crippen molar-refractivity contribution in [2.45, 2.75) is 50.2 Å². The fourth-order valence-electron chi connectivity index (χ4n) is 5.18. The number of ether oxygens (including phenoxy) is 1. The van der Waals surface area contributed by atoms with Crippen LogP contribution in [0.2, 0.25) is 0 Å². The van der Waals surface area contributed by atoms with Gasteiger partial charge in [-0.05, 0) is 62.1 Å². The molecular weight excluding hydrogens is 264 g/mol. The number of aliphatic hydroxyl groups is 1. The minimum Gasteiger partial charge on any atom is -0.481 e. The maximum atomic E-state index is 11.5. The van der Waals surface area contributed by atoms with Gasteiger partial charge in [-0.2, -0.15) is 0 Å². The predicted octanol–water partition coefficient (Wildman–Crippen LogP) is 2.00. The minimum atomic E-state index is -0.610. The van der Waals surface area contributed by atoms with E-state index in [0.29, 0.717) is 17.7 Å². The van der Waals surface area contributed by atoms with Crippen LogP contribution in [0.25, 0.3) is 0 Å². The standard InChI is InChI=1S/C17H24N2O2/c1-11-8-12-9-14-13(4-5-15(19-14)21-2)16(10-11)17(12,20)6-3-7-18-16/h4-5,11-12,18,20H,3,6-10H2,1-2H3/t11-,12-,16-,17-/m0/s1. The van der Waals surface area contributed by atoms with Crippen LogP contribution in [0.15, 0.2) is 12.1 Å². The van der Waals surface area contributed by atoms with Crippen LogP contribution in [-0.4, -0.2) is 29.3 Å². The lowest BCUT2D eigenvalue weighted by Crippen LogP contribution is -2.71. The minimum absolute atomic E-state index is 0.305. The Hall–Kier alpha value is -1.13. The van der Waals surface area contributed by atoms with Crippen LogP contribution in [0.1, 0.15) is 43.9 Å². The molecule has 0 radical (unpaired) electrons. The average Bonchev–Trinajstić information content (AvgIpc) is 2.47. The van der Waals surface area contributed by atoms with Gasteiger partial charge in [0.05, 0.1) is 18.2 Å². The number of nitrogens with one attached hydrogen (secondary N) is 1. The quantitative estimate of drug-likeness (QED) is 0.830. The zero-order chi connectivity index (χ0) is 14.7. The Labute approximate surface area is 125 Å². The zero-order valence-electron chi connectivity index (χ0n) is 12.9. The molecule has 0 spiro atoms. The summed E-state index contributed by atoms with van der Waals surface area (Å²) in [7, 11) is 1.66. The number of nitrogens with zero attached hydrogens (tertiary/aromatic N) is 1. The van der Waals surface area contributed by atoms with Crippen LogP contribution in [-0.2, 0) is 12.0 Å². The van der Waals surface area contributed by atoms with Gasteiger partial charge in [-0.1, -0.05) is 6.92 Å². The number of aromatic nitrogens is 1. The van der Waals surface area contributed by atoms with Crippen LogP contribution in [0.3, 0.4) is 0 Å². The highest BCUT2D eigenvalue weighted by Gasteiger charge is 2.63. The van der Waals surface area contributed by atoms with Crippen LogP contribution in [0, 0.1) is 11.8 Å². The molecule has 1 saturated carbocycles. The summed E-state index contributed by atoms with van der Waals surface area (Å²) in [6, 6.07) is 4.06. The van der Waals surface area contributed by atoms with Crippen molar-refractivity contribution in [1.29, 1.82) is 0 Å². The molecule has 0 unspecified atom stereocenters. The van der Waals surface area contributed by atoms with E-state index in [1.807, 2.05) is 6.07 Å². The van der Waals surface area contributed by atoms with Crippen molar-refractivity contribution in [3.8, 4) is 5.88 Å². The van der Waals surface area contributed by atoms with Crippen LogP contribution < -0.4 is 10.1 Å². The molecule has 4 atom stereocenters. The highest BCUT2D eigenvalue weighted by Crippen LogP contribution is 2.57. The van der Waals surface area contributed by atoms with Crippen LogP contribution in [0.4, 0.5) is 0 Å². The lowest BCUT2D eigenvalue weighted by atomic mass is 9.51. The molecule has 21 heavy (non-hydrogen) atoms. The van der Waals surface area contributed by atoms with Crippen LogP contribution >= 0.6 is 0 Å². The third-order valence-corrected chi connectivity index (χ3v) is 5.97. The molecule has 2 bridgehead atoms. The molecule has 1 aromatic rings. The zero-order valence-corrected chi connectivity index (χ0v) is 12.9. The predicted molar refractivity (Wildman–Crippen MR) is 80.2 cm³/mol. The van der Waals surface area contributed by atoms with E-state index < -0.39 is 5.60 Å². The van der Waals surface area contributed by atoms with E-state index in [9.17, 15) is 5.11 Å². The van der Waals surface area contributed by atoms with E-state index in [4.69, 9.17) is 4.74 Å². The van der Waals surface area contributed by atoms with Crippen molar-refractivity contribution in [2.24, 2.45) is 11.8 Å². The molecule has 2 aliphatic carbocycles. The molecular formula is C17H24N2O2. The Kier molecular flexibility index (Phi) is 2.86. The number of hydrogen-bond donors (Lipinski definition) is 2. The Morgan fingerprint density at radius 2 is 2.29 bits per heavy atom. The fraction of sp³-hybridized carbons (Fsp3) is 0.706. The summed E-state index contributed by atoms with van der Waals surface area (Å²) in [5, 5.41) is 15.2. The smallest absolute Gasteiger partial charge is 0.213 e.